The topological polar surface area (TPSA) is 70.3 Å². The fourth-order valence-corrected chi connectivity index (χ4v) is 1.52. The minimum atomic E-state index is -1.01. The van der Waals surface area contributed by atoms with Gasteiger partial charge in [-0.05, 0) is 42.4 Å². The molecule has 1 rings (SSSR count). The van der Waals surface area contributed by atoms with Gasteiger partial charge in [0.05, 0.1) is 0 Å². The van der Waals surface area contributed by atoms with Crippen LogP contribution in [0.2, 0.25) is 0 Å². The van der Waals surface area contributed by atoms with Gasteiger partial charge in [-0.1, -0.05) is 0 Å². The van der Waals surface area contributed by atoms with Crippen molar-refractivity contribution >= 4 is 17.7 Å². The number of carboxylic acid groups (broad SMARTS) is 1. The molecule has 0 spiro atoms. The lowest BCUT2D eigenvalue weighted by Crippen LogP contribution is -2.09. The maximum Gasteiger partial charge on any atom is 0.341 e. The zero-order valence-corrected chi connectivity index (χ0v) is 8.87. The van der Waals surface area contributed by atoms with Crippen molar-refractivity contribution in [1.29, 1.82) is 5.26 Å². The Kier molecular flexibility index (Phi) is 4.01. The summed E-state index contributed by atoms with van der Waals surface area (Å²) in [5, 5.41) is 18.9. The zero-order valence-electron chi connectivity index (χ0n) is 8.06. The van der Waals surface area contributed by atoms with E-state index in [2.05, 4.69) is 0 Å². The molecule has 0 unspecified atom stereocenters. The number of hydrogen-bond donors (Lipinski definition) is 1. The number of carboxylic acids is 1. The van der Waals surface area contributed by atoms with Crippen molar-refractivity contribution < 1.29 is 14.6 Å². The number of thioether (sulfide) groups is 1. The van der Waals surface area contributed by atoms with Gasteiger partial charge in [-0.3, -0.25) is 0 Å². The van der Waals surface area contributed by atoms with Gasteiger partial charge in [0.15, 0.2) is 6.61 Å². The van der Waals surface area contributed by atoms with Crippen LogP contribution in [-0.4, -0.2) is 17.7 Å². The van der Waals surface area contributed by atoms with E-state index in [1.165, 1.54) is 0 Å². The summed E-state index contributed by atoms with van der Waals surface area (Å²) in [7, 11) is 0. The molecule has 0 aliphatic rings. The molecule has 0 radical (unpaired) electrons. The van der Waals surface area contributed by atoms with Gasteiger partial charge >= 0.3 is 5.97 Å². The number of nitriles is 1. The fourth-order valence-electron chi connectivity index (χ4n) is 1.04. The standard InChI is InChI=1S/C10H9NO3S/c1-7-4-8(15-6-11)2-3-9(7)14-5-10(12)13/h2-4H,5H2,1H3,(H,12,13). The second-order valence-corrected chi connectivity index (χ2v) is 3.66. The molecular formula is C10H9NO3S. The molecule has 0 aliphatic heterocycles. The normalized spacial score (nSPS) is 9.33. The summed E-state index contributed by atoms with van der Waals surface area (Å²) in [6.45, 7) is 1.45. The first kappa shape index (κ1) is 11.4. The molecule has 1 N–H and O–H groups in total. The monoisotopic (exact) mass is 223 g/mol. The highest BCUT2D eigenvalue weighted by atomic mass is 32.2. The molecule has 1 aromatic carbocycles. The fraction of sp³-hybridized carbons (Fsp3) is 0.200. The van der Waals surface area contributed by atoms with Gasteiger partial charge < -0.3 is 9.84 Å². The number of thiocyanates is 1. The van der Waals surface area contributed by atoms with Crippen LogP contribution < -0.4 is 4.74 Å². The third-order valence-electron chi connectivity index (χ3n) is 1.66. The highest BCUT2D eigenvalue weighted by Crippen LogP contribution is 2.24. The van der Waals surface area contributed by atoms with Crippen LogP contribution in [0.5, 0.6) is 5.75 Å². The molecule has 5 heteroatoms. The molecule has 0 saturated carbocycles. The highest BCUT2D eigenvalue weighted by Gasteiger charge is 2.03. The average molecular weight is 223 g/mol. The number of hydrogen-bond acceptors (Lipinski definition) is 4. The smallest absolute Gasteiger partial charge is 0.341 e. The summed E-state index contributed by atoms with van der Waals surface area (Å²) >= 11 is 1.06. The molecule has 15 heavy (non-hydrogen) atoms. The molecule has 0 atom stereocenters. The molecular weight excluding hydrogens is 214 g/mol. The molecule has 0 amide bonds. The van der Waals surface area contributed by atoms with Gasteiger partial charge in [-0.25, -0.2) is 4.79 Å². The molecule has 0 bridgehead atoms. The highest BCUT2D eigenvalue weighted by molar-refractivity contribution is 8.03. The van der Waals surface area contributed by atoms with Crippen LogP contribution in [0.3, 0.4) is 0 Å². The number of rotatable bonds is 4. The van der Waals surface area contributed by atoms with E-state index in [0.717, 1.165) is 22.2 Å². The first-order chi connectivity index (χ1) is 7.13. The van der Waals surface area contributed by atoms with Crippen molar-refractivity contribution in [2.75, 3.05) is 6.61 Å². The van der Waals surface area contributed by atoms with Crippen LogP contribution in [0.15, 0.2) is 23.1 Å². The van der Waals surface area contributed by atoms with E-state index in [0.29, 0.717) is 5.75 Å². The van der Waals surface area contributed by atoms with Crippen molar-refractivity contribution in [1.82, 2.24) is 0 Å². The van der Waals surface area contributed by atoms with E-state index >= 15 is 0 Å². The third kappa shape index (κ3) is 3.52. The van der Waals surface area contributed by atoms with Gasteiger partial charge in [-0.2, -0.15) is 5.26 Å². The Morgan fingerprint density at radius 3 is 2.93 bits per heavy atom. The lowest BCUT2D eigenvalue weighted by molar-refractivity contribution is -0.139. The van der Waals surface area contributed by atoms with Crippen LogP contribution in [-0.2, 0) is 4.79 Å². The largest absolute Gasteiger partial charge is 0.482 e. The Labute approximate surface area is 91.5 Å². The van der Waals surface area contributed by atoms with Crippen molar-refractivity contribution in [3.63, 3.8) is 0 Å². The minimum absolute atomic E-state index is 0.356. The molecule has 78 valence electrons. The van der Waals surface area contributed by atoms with Gasteiger partial charge in [0.25, 0.3) is 0 Å². The van der Waals surface area contributed by atoms with Crippen molar-refractivity contribution in [2.45, 2.75) is 11.8 Å². The average Bonchev–Trinajstić information content (AvgIpc) is 2.17. The van der Waals surface area contributed by atoms with E-state index < -0.39 is 5.97 Å². The van der Waals surface area contributed by atoms with Gasteiger partial charge in [-0.15, -0.1) is 0 Å². The molecule has 0 heterocycles. The lowest BCUT2D eigenvalue weighted by Gasteiger charge is -2.07. The Hall–Kier alpha value is -1.67. The summed E-state index contributed by atoms with van der Waals surface area (Å²) in [5.74, 6) is -0.482. The van der Waals surface area contributed by atoms with Crippen LogP contribution in [0.25, 0.3) is 0 Å². The second kappa shape index (κ2) is 5.27. The maximum atomic E-state index is 10.3. The van der Waals surface area contributed by atoms with E-state index in [9.17, 15) is 4.79 Å². The number of carbonyl (C=O) groups is 1. The summed E-state index contributed by atoms with van der Waals surface area (Å²) in [4.78, 5) is 11.1. The van der Waals surface area contributed by atoms with Crippen LogP contribution in [0.1, 0.15) is 5.56 Å². The molecule has 0 saturated heterocycles. The summed E-state index contributed by atoms with van der Waals surface area (Å²) in [6.07, 6.45) is 0. The number of aliphatic carboxylic acids is 1. The number of nitrogens with zero attached hydrogens (tertiary/aromatic N) is 1. The molecule has 1 aromatic rings. The number of ether oxygens (including phenoxy) is 1. The lowest BCUT2D eigenvalue weighted by atomic mass is 10.2. The minimum Gasteiger partial charge on any atom is -0.482 e. The Morgan fingerprint density at radius 2 is 2.40 bits per heavy atom. The zero-order chi connectivity index (χ0) is 11.3. The van der Waals surface area contributed by atoms with Crippen LogP contribution in [0, 0.1) is 17.6 Å². The quantitative estimate of drug-likeness (QED) is 0.624. The molecule has 0 aromatic heterocycles. The first-order valence-corrected chi connectivity index (χ1v) is 4.96. The predicted octanol–water partition coefficient (Wildman–Crippen LogP) is 2.03. The van der Waals surface area contributed by atoms with E-state index in [4.69, 9.17) is 15.1 Å². The molecule has 4 nitrogen and oxygen atoms in total. The van der Waals surface area contributed by atoms with E-state index in [-0.39, 0.29) is 6.61 Å². The molecule has 0 fully saturated rings. The Balaban J connectivity index is 2.75. The summed E-state index contributed by atoms with van der Waals surface area (Å²) in [5.41, 5.74) is 0.816. The second-order valence-electron chi connectivity index (χ2n) is 2.80. The van der Waals surface area contributed by atoms with Gasteiger partial charge in [0, 0.05) is 4.90 Å². The number of benzene rings is 1. The Bertz CT molecular complexity index is 412. The SMILES string of the molecule is Cc1cc(SC#N)ccc1OCC(=O)O. The predicted molar refractivity (Wildman–Crippen MR) is 55.8 cm³/mol. The van der Waals surface area contributed by atoms with Crippen LogP contribution in [0.4, 0.5) is 0 Å². The van der Waals surface area contributed by atoms with Crippen LogP contribution >= 0.6 is 11.8 Å². The Morgan fingerprint density at radius 1 is 1.67 bits per heavy atom. The maximum absolute atomic E-state index is 10.3. The van der Waals surface area contributed by atoms with Crippen molar-refractivity contribution in [3.05, 3.63) is 23.8 Å². The molecule has 0 aliphatic carbocycles. The third-order valence-corrected chi connectivity index (χ3v) is 2.24. The van der Waals surface area contributed by atoms with Crippen molar-refractivity contribution in [3.8, 4) is 11.2 Å². The summed E-state index contributed by atoms with van der Waals surface area (Å²) < 4.78 is 5.04. The van der Waals surface area contributed by atoms with Gasteiger partial charge in [0.1, 0.15) is 11.2 Å². The van der Waals surface area contributed by atoms with Crippen molar-refractivity contribution in [2.24, 2.45) is 0 Å². The summed E-state index contributed by atoms with van der Waals surface area (Å²) in [6, 6.07) is 5.17. The first-order valence-electron chi connectivity index (χ1n) is 4.14. The van der Waals surface area contributed by atoms with E-state index in [1.54, 1.807) is 25.1 Å². The van der Waals surface area contributed by atoms with Gasteiger partial charge in [0.2, 0.25) is 0 Å². The number of aryl methyl sites for hydroxylation is 1. The van der Waals surface area contributed by atoms with E-state index in [1.807, 2.05) is 5.40 Å².